The molecule has 6 nitrogen and oxygen atoms in total. The van der Waals surface area contributed by atoms with Gasteiger partial charge in [0.2, 0.25) is 0 Å². The summed E-state index contributed by atoms with van der Waals surface area (Å²) in [4.78, 5) is 10.0. The Morgan fingerprint density at radius 3 is 1.84 bits per heavy atom. The SMILES string of the molecule is CCCCCCCC(=O)O.CCOC(C)COC(C)COC(C)CO. The molecule has 0 amide bonds. The Bertz CT molecular complexity index is 285. The first-order valence-electron chi connectivity index (χ1n) is 9.54. The summed E-state index contributed by atoms with van der Waals surface area (Å²) in [5.74, 6) is -0.670. The predicted octanol–water partition coefficient (Wildman–Crippen LogP) is 3.65. The van der Waals surface area contributed by atoms with E-state index < -0.39 is 5.97 Å². The minimum absolute atomic E-state index is 0.0295. The van der Waals surface area contributed by atoms with Crippen molar-refractivity contribution < 1.29 is 29.2 Å². The molecule has 0 aliphatic rings. The Kier molecular flexibility index (Phi) is 20.8. The molecule has 3 atom stereocenters. The maximum atomic E-state index is 10.0. The van der Waals surface area contributed by atoms with Gasteiger partial charge in [0.25, 0.3) is 0 Å². The monoisotopic (exact) mass is 364 g/mol. The highest BCUT2D eigenvalue weighted by Gasteiger charge is 2.08. The molecule has 0 aromatic carbocycles. The van der Waals surface area contributed by atoms with Crippen LogP contribution in [-0.4, -0.2) is 60.9 Å². The van der Waals surface area contributed by atoms with Crippen LogP contribution in [0.2, 0.25) is 0 Å². The first-order chi connectivity index (χ1) is 11.9. The van der Waals surface area contributed by atoms with Gasteiger partial charge in [-0.05, 0) is 34.1 Å². The molecule has 0 aromatic rings. The molecular weight excluding hydrogens is 324 g/mol. The molecule has 0 radical (unpaired) electrons. The van der Waals surface area contributed by atoms with Crippen molar-refractivity contribution in [2.24, 2.45) is 0 Å². The molecule has 152 valence electrons. The van der Waals surface area contributed by atoms with Gasteiger partial charge in [-0.15, -0.1) is 0 Å². The molecule has 0 aliphatic carbocycles. The first kappa shape index (κ1) is 26.5. The summed E-state index contributed by atoms with van der Waals surface area (Å²) in [5, 5.41) is 17.0. The van der Waals surface area contributed by atoms with Gasteiger partial charge in [-0.1, -0.05) is 32.6 Å². The molecule has 2 N–H and O–H groups in total. The van der Waals surface area contributed by atoms with Crippen LogP contribution in [0.3, 0.4) is 0 Å². The molecule has 0 fully saturated rings. The summed E-state index contributed by atoms with van der Waals surface area (Å²) < 4.78 is 16.2. The lowest BCUT2D eigenvalue weighted by Gasteiger charge is -2.18. The molecule has 6 heteroatoms. The van der Waals surface area contributed by atoms with Crippen LogP contribution in [0.5, 0.6) is 0 Å². The number of carboxylic acid groups (broad SMARTS) is 1. The number of aliphatic carboxylic acids is 1. The third-order valence-electron chi connectivity index (χ3n) is 3.43. The molecule has 3 unspecified atom stereocenters. The average molecular weight is 365 g/mol. The fraction of sp³-hybridized carbons (Fsp3) is 0.947. The van der Waals surface area contributed by atoms with Crippen molar-refractivity contribution in [3.05, 3.63) is 0 Å². The summed E-state index contributed by atoms with van der Waals surface area (Å²) in [6.07, 6.45) is 5.91. The third kappa shape index (κ3) is 23.3. The minimum Gasteiger partial charge on any atom is -0.481 e. The summed E-state index contributed by atoms with van der Waals surface area (Å²) in [6, 6.07) is 0. The predicted molar refractivity (Wildman–Crippen MR) is 100 cm³/mol. The highest BCUT2D eigenvalue weighted by atomic mass is 16.6. The second-order valence-corrected chi connectivity index (χ2v) is 6.29. The van der Waals surface area contributed by atoms with Crippen LogP contribution < -0.4 is 0 Å². The topological polar surface area (TPSA) is 85.2 Å². The molecule has 0 aromatic heterocycles. The lowest BCUT2D eigenvalue weighted by molar-refractivity contribution is -0.137. The number of aliphatic hydroxyl groups excluding tert-OH is 1. The van der Waals surface area contributed by atoms with E-state index in [1.807, 2.05) is 27.7 Å². The van der Waals surface area contributed by atoms with E-state index in [2.05, 4.69) is 6.92 Å². The summed E-state index contributed by atoms with van der Waals surface area (Å²) in [6.45, 7) is 11.7. The lowest BCUT2D eigenvalue weighted by atomic mass is 10.1. The molecule has 0 rings (SSSR count). The van der Waals surface area contributed by atoms with Gasteiger partial charge in [-0.3, -0.25) is 4.79 Å². The van der Waals surface area contributed by atoms with Crippen molar-refractivity contribution in [1.82, 2.24) is 0 Å². The molecule has 25 heavy (non-hydrogen) atoms. The smallest absolute Gasteiger partial charge is 0.303 e. The number of rotatable bonds is 15. The number of carboxylic acids is 1. The Labute approximate surface area is 153 Å². The van der Waals surface area contributed by atoms with Crippen molar-refractivity contribution in [3.8, 4) is 0 Å². The molecule has 0 spiro atoms. The zero-order chi connectivity index (χ0) is 19.5. The van der Waals surface area contributed by atoms with Crippen LogP contribution in [-0.2, 0) is 19.0 Å². The molecule has 0 heterocycles. The number of aliphatic hydroxyl groups is 1. The fourth-order valence-electron chi connectivity index (χ4n) is 1.91. The quantitative estimate of drug-likeness (QED) is 0.432. The zero-order valence-electron chi connectivity index (χ0n) is 16.8. The number of carbonyl (C=O) groups is 1. The van der Waals surface area contributed by atoms with E-state index in [-0.39, 0.29) is 24.9 Å². The molecular formula is C19H40O6. The minimum atomic E-state index is -0.670. The second kappa shape index (κ2) is 19.6. The van der Waals surface area contributed by atoms with Crippen molar-refractivity contribution in [3.63, 3.8) is 0 Å². The van der Waals surface area contributed by atoms with Gasteiger partial charge in [-0.2, -0.15) is 0 Å². The molecule has 0 saturated heterocycles. The largest absolute Gasteiger partial charge is 0.481 e. The van der Waals surface area contributed by atoms with E-state index in [9.17, 15) is 4.79 Å². The van der Waals surface area contributed by atoms with Crippen molar-refractivity contribution in [2.75, 3.05) is 26.4 Å². The van der Waals surface area contributed by atoms with Crippen LogP contribution in [0.15, 0.2) is 0 Å². The fourth-order valence-corrected chi connectivity index (χ4v) is 1.91. The van der Waals surface area contributed by atoms with Gasteiger partial charge in [0, 0.05) is 13.0 Å². The normalized spacial score (nSPS) is 14.3. The number of ether oxygens (including phenoxy) is 3. The van der Waals surface area contributed by atoms with Gasteiger partial charge in [0.05, 0.1) is 38.1 Å². The number of unbranched alkanes of at least 4 members (excludes halogenated alkanes) is 4. The maximum Gasteiger partial charge on any atom is 0.303 e. The highest BCUT2D eigenvalue weighted by Crippen LogP contribution is 2.04. The van der Waals surface area contributed by atoms with E-state index in [0.717, 1.165) is 12.8 Å². The van der Waals surface area contributed by atoms with Gasteiger partial charge < -0.3 is 24.4 Å². The average Bonchev–Trinajstić information content (AvgIpc) is 2.58. The van der Waals surface area contributed by atoms with E-state index in [1.54, 1.807) is 0 Å². The van der Waals surface area contributed by atoms with Gasteiger partial charge in [0.1, 0.15) is 0 Å². The van der Waals surface area contributed by atoms with E-state index >= 15 is 0 Å². The van der Waals surface area contributed by atoms with Crippen LogP contribution in [0, 0.1) is 0 Å². The van der Waals surface area contributed by atoms with Gasteiger partial charge in [0.15, 0.2) is 0 Å². The first-order valence-corrected chi connectivity index (χ1v) is 9.54. The lowest BCUT2D eigenvalue weighted by Crippen LogP contribution is -2.26. The molecule has 0 saturated carbocycles. The maximum absolute atomic E-state index is 10.0. The number of hydrogen-bond donors (Lipinski definition) is 2. The Balaban J connectivity index is 0. The molecule has 0 bridgehead atoms. The van der Waals surface area contributed by atoms with E-state index in [1.165, 1.54) is 19.3 Å². The van der Waals surface area contributed by atoms with E-state index in [4.69, 9.17) is 24.4 Å². The molecule has 0 aliphatic heterocycles. The standard InChI is InChI=1S/C11H24O4.C8H16O2/c1-5-13-10(3)7-15-11(4)8-14-9(2)6-12;1-2-3-4-5-6-7-8(9)10/h9-12H,5-8H2,1-4H3;2-7H2,1H3,(H,9,10). The Morgan fingerprint density at radius 2 is 1.36 bits per heavy atom. The van der Waals surface area contributed by atoms with Gasteiger partial charge in [-0.25, -0.2) is 0 Å². The Morgan fingerprint density at radius 1 is 0.840 bits per heavy atom. The van der Waals surface area contributed by atoms with Gasteiger partial charge >= 0.3 is 5.97 Å². The van der Waals surface area contributed by atoms with Crippen molar-refractivity contribution in [1.29, 1.82) is 0 Å². The highest BCUT2D eigenvalue weighted by molar-refractivity contribution is 5.66. The Hall–Kier alpha value is -0.690. The number of hydrogen-bond acceptors (Lipinski definition) is 5. The van der Waals surface area contributed by atoms with Crippen LogP contribution in [0.4, 0.5) is 0 Å². The summed E-state index contributed by atoms with van der Waals surface area (Å²) >= 11 is 0. The summed E-state index contributed by atoms with van der Waals surface area (Å²) in [5.41, 5.74) is 0. The van der Waals surface area contributed by atoms with Crippen molar-refractivity contribution in [2.45, 2.75) is 91.5 Å². The van der Waals surface area contributed by atoms with Crippen LogP contribution in [0.25, 0.3) is 0 Å². The van der Waals surface area contributed by atoms with Crippen LogP contribution >= 0.6 is 0 Å². The van der Waals surface area contributed by atoms with Crippen molar-refractivity contribution >= 4 is 5.97 Å². The third-order valence-corrected chi connectivity index (χ3v) is 3.43. The second-order valence-electron chi connectivity index (χ2n) is 6.29. The van der Waals surface area contributed by atoms with E-state index in [0.29, 0.717) is 26.2 Å². The van der Waals surface area contributed by atoms with Crippen LogP contribution in [0.1, 0.15) is 73.1 Å². The summed E-state index contributed by atoms with van der Waals surface area (Å²) in [7, 11) is 0. The zero-order valence-corrected chi connectivity index (χ0v) is 16.8.